The van der Waals surface area contributed by atoms with Crippen LogP contribution in [0.3, 0.4) is 0 Å². The monoisotopic (exact) mass is 950 g/mol. The van der Waals surface area contributed by atoms with E-state index in [0.29, 0.717) is 19.4 Å². The molecule has 1 aliphatic heterocycles. The molecular weight excluding hydrogens is 847 g/mol. The summed E-state index contributed by atoms with van der Waals surface area (Å²) in [6, 6.07) is -0.836. The number of esters is 1. The van der Waals surface area contributed by atoms with Gasteiger partial charge in [0.25, 0.3) is 0 Å². The SMILES string of the molecule is CCCC/C=C\CCCCCCCC(=O)OCCCCCCCCCCCCCCCCC(=O)NC(COC1OC(CO)C(O)C(O)C1O)C(O)/C=C/CC/C=C/CCCCCCCCCC. The molecule has 7 unspecified atom stereocenters. The third-order valence-electron chi connectivity index (χ3n) is 13.0. The fraction of sp³-hybridized carbons (Fsp3) is 0.857. The minimum atomic E-state index is -1.58. The third-order valence-corrected chi connectivity index (χ3v) is 13.0. The number of unbranched alkanes of at least 4 members (excludes halogenated alkanes) is 29. The number of ether oxygens (including phenoxy) is 3. The molecule has 11 heteroatoms. The average molecular weight is 950 g/mol. The molecule has 0 bridgehead atoms. The molecule has 11 nitrogen and oxygen atoms in total. The predicted octanol–water partition coefficient (Wildman–Crippen LogP) is 11.9. The summed E-state index contributed by atoms with van der Waals surface area (Å²) in [7, 11) is 0. The molecule has 1 aliphatic rings. The Labute approximate surface area is 409 Å². The quantitative estimate of drug-likeness (QED) is 0.0196. The molecule has 6 N–H and O–H groups in total. The summed E-state index contributed by atoms with van der Waals surface area (Å²) in [5.74, 6) is -0.238. The molecule has 1 amide bonds. The Morgan fingerprint density at radius 2 is 0.985 bits per heavy atom. The number of carbonyl (C=O) groups is 2. The second-order valence-electron chi connectivity index (χ2n) is 19.3. The lowest BCUT2D eigenvalue weighted by atomic mass is 9.99. The molecule has 0 spiro atoms. The highest BCUT2D eigenvalue weighted by molar-refractivity contribution is 5.76. The van der Waals surface area contributed by atoms with Gasteiger partial charge in [-0.05, 0) is 64.2 Å². The molecule has 1 fully saturated rings. The van der Waals surface area contributed by atoms with Crippen molar-refractivity contribution >= 4 is 11.9 Å². The van der Waals surface area contributed by atoms with E-state index < -0.39 is 49.5 Å². The van der Waals surface area contributed by atoms with E-state index >= 15 is 0 Å². The van der Waals surface area contributed by atoms with Crippen molar-refractivity contribution in [1.29, 1.82) is 0 Å². The molecule has 1 saturated heterocycles. The van der Waals surface area contributed by atoms with Gasteiger partial charge in [-0.15, -0.1) is 0 Å². The van der Waals surface area contributed by atoms with Crippen molar-refractivity contribution in [2.45, 2.75) is 288 Å². The maximum atomic E-state index is 13.0. The standard InChI is InChI=1S/C56H103NO10/c1-3-5-7-9-11-13-15-16-19-23-26-30-34-38-42-49(59)48(47-66-56-55(64)54(63)53(62)50(46-58)67-56)57-51(60)43-39-35-31-27-24-20-17-18-21-25-29-33-37-41-45-65-52(61)44-40-36-32-28-22-14-12-10-8-6-4-2/h10,12,23,26,38,42,48-50,53-56,58-59,62-64H,3-9,11,13-22,24-25,27-37,39-41,43-47H2,1-2H3,(H,57,60)/b12-10-,26-23+,42-38+. The normalized spacial score (nSPS) is 19.8. The zero-order chi connectivity index (χ0) is 48.8. The number of carbonyl (C=O) groups excluding carboxylic acids is 2. The fourth-order valence-electron chi connectivity index (χ4n) is 8.49. The van der Waals surface area contributed by atoms with Gasteiger partial charge in [0.15, 0.2) is 6.29 Å². The second-order valence-corrected chi connectivity index (χ2v) is 19.3. The van der Waals surface area contributed by atoms with Crippen LogP contribution in [0.2, 0.25) is 0 Å². The first-order valence-electron chi connectivity index (χ1n) is 27.8. The molecule has 392 valence electrons. The maximum absolute atomic E-state index is 13.0. The van der Waals surface area contributed by atoms with E-state index in [0.717, 1.165) is 70.6 Å². The smallest absolute Gasteiger partial charge is 0.305 e. The summed E-state index contributed by atoms with van der Waals surface area (Å²) in [5.41, 5.74) is 0. The van der Waals surface area contributed by atoms with Crippen molar-refractivity contribution in [2.24, 2.45) is 0 Å². The van der Waals surface area contributed by atoms with E-state index in [2.05, 4.69) is 43.5 Å². The zero-order valence-corrected chi connectivity index (χ0v) is 42.9. The Balaban J connectivity index is 2.18. The van der Waals surface area contributed by atoms with Gasteiger partial charge in [-0.1, -0.05) is 204 Å². The maximum Gasteiger partial charge on any atom is 0.305 e. The predicted molar refractivity (Wildman–Crippen MR) is 274 cm³/mol. The van der Waals surface area contributed by atoms with Crippen LogP contribution >= 0.6 is 0 Å². The molecule has 1 heterocycles. The number of nitrogens with one attached hydrogen (secondary N) is 1. The Hall–Kier alpha value is -2.12. The summed E-state index contributed by atoms with van der Waals surface area (Å²) < 4.78 is 16.7. The van der Waals surface area contributed by atoms with E-state index in [1.807, 2.05) is 6.08 Å². The van der Waals surface area contributed by atoms with Gasteiger partial charge in [0.1, 0.15) is 24.4 Å². The van der Waals surface area contributed by atoms with E-state index in [1.165, 1.54) is 148 Å². The number of allylic oxidation sites excluding steroid dienone is 5. The van der Waals surface area contributed by atoms with E-state index in [1.54, 1.807) is 6.08 Å². The van der Waals surface area contributed by atoms with Crippen LogP contribution < -0.4 is 5.32 Å². The molecule has 0 aromatic carbocycles. The Morgan fingerprint density at radius 3 is 1.52 bits per heavy atom. The minimum absolute atomic E-state index is 0.0352. The molecule has 7 atom stereocenters. The second kappa shape index (κ2) is 46.3. The van der Waals surface area contributed by atoms with E-state index in [9.17, 15) is 35.1 Å². The number of amides is 1. The van der Waals surface area contributed by atoms with Crippen molar-refractivity contribution in [3.63, 3.8) is 0 Å². The van der Waals surface area contributed by atoms with Crippen molar-refractivity contribution in [1.82, 2.24) is 5.32 Å². The molecule has 0 saturated carbocycles. The highest BCUT2D eigenvalue weighted by Gasteiger charge is 2.44. The summed E-state index contributed by atoms with van der Waals surface area (Å²) in [6.07, 6.45) is 45.0. The summed E-state index contributed by atoms with van der Waals surface area (Å²) >= 11 is 0. The van der Waals surface area contributed by atoms with Crippen molar-refractivity contribution in [3.05, 3.63) is 36.5 Å². The average Bonchev–Trinajstić information content (AvgIpc) is 3.32. The Kier molecular flexibility index (Phi) is 43.4. The first kappa shape index (κ1) is 62.9. The van der Waals surface area contributed by atoms with Crippen molar-refractivity contribution in [3.8, 4) is 0 Å². The lowest BCUT2D eigenvalue weighted by Crippen LogP contribution is -2.60. The highest BCUT2D eigenvalue weighted by Crippen LogP contribution is 2.23. The summed E-state index contributed by atoms with van der Waals surface area (Å²) in [4.78, 5) is 25.0. The molecule has 67 heavy (non-hydrogen) atoms. The van der Waals surface area contributed by atoms with Crippen LogP contribution in [0.1, 0.15) is 245 Å². The van der Waals surface area contributed by atoms with E-state index in [-0.39, 0.29) is 18.5 Å². The van der Waals surface area contributed by atoms with Gasteiger partial charge in [-0.2, -0.15) is 0 Å². The number of hydrogen-bond donors (Lipinski definition) is 6. The van der Waals surface area contributed by atoms with Gasteiger partial charge in [-0.25, -0.2) is 0 Å². The molecular formula is C56H103NO10. The first-order chi connectivity index (χ1) is 32.7. The molecule has 0 radical (unpaired) electrons. The van der Waals surface area contributed by atoms with Crippen LogP contribution in [0.5, 0.6) is 0 Å². The Bertz CT molecular complexity index is 1210. The van der Waals surface area contributed by atoms with Crippen LogP contribution in [-0.4, -0.2) is 100 Å². The highest BCUT2D eigenvalue weighted by atomic mass is 16.7. The largest absolute Gasteiger partial charge is 0.466 e. The topological polar surface area (TPSA) is 175 Å². The van der Waals surface area contributed by atoms with Gasteiger partial charge in [0.05, 0.1) is 32.0 Å². The van der Waals surface area contributed by atoms with Gasteiger partial charge < -0.3 is 45.1 Å². The van der Waals surface area contributed by atoms with Crippen molar-refractivity contribution < 1.29 is 49.3 Å². The molecule has 0 aromatic rings. The van der Waals surface area contributed by atoms with Crippen LogP contribution in [0.25, 0.3) is 0 Å². The van der Waals surface area contributed by atoms with Crippen LogP contribution in [-0.2, 0) is 23.8 Å². The van der Waals surface area contributed by atoms with E-state index in [4.69, 9.17) is 14.2 Å². The molecule has 1 rings (SSSR count). The summed E-state index contributed by atoms with van der Waals surface area (Å²) in [6.45, 7) is 4.24. The number of hydrogen-bond acceptors (Lipinski definition) is 10. The number of aliphatic hydroxyl groups excluding tert-OH is 5. The third kappa shape index (κ3) is 36.5. The van der Waals surface area contributed by atoms with Gasteiger partial charge in [0.2, 0.25) is 5.91 Å². The lowest BCUT2D eigenvalue weighted by molar-refractivity contribution is -0.302. The first-order valence-corrected chi connectivity index (χ1v) is 27.8. The fourth-order valence-corrected chi connectivity index (χ4v) is 8.49. The van der Waals surface area contributed by atoms with Crippen LogP contribution in [0, 0.1) is 0 Å². The molecule has 0 aromatic heterocycles. The summed E-state index contributed by atoms with van der Waals surface area (Å²) in [5, 5.41) is 54.3. The van der Waals surface area contributed by atoms with Gasteiger partial charge >= 0.3 is 5.97 Å². The van der Waals surface area contributed by atoms with Gasteiger partial charge in [-0.3, -0.25) is 9.59 Å². The number of rotatable bonds is 47. The number of aliphatic hydroxyl groups is 5. The lowest BCUT2D eigenvalue weighted by Gasteiger charge is -2.40. The van der Waals surface area contributed by atoms with Crippen molar-refractivity contribution in [2.75, 3.05) is 19.8 Å². The molecule has 0 aliphatic carbocycles. The minimum Gasteiger partial charge on any atom is -0.466 e. The Morgan fingerprint density at radius 1 is 0.537 bits per heavy atom. The van der Waals surface area contributed by atoms with Gasteiger partial charge in [0, 0.05) is 12.8 Å². The zero-order valence-electron chi connectivity index (χ0n) is 42.9. The van der Waals surface area contributed by atoms with Crippen LogP contribution in [0.15, 0.2) is 36.5 Å². The van der Waals surface area contributed by atoms with Crippen LogP contribution in [0.4, 0.5) is 0 Å².